The summed E-state index contributed by atoms with van der Waals surface area (Å²) in [7, 11) is 0. The summed E-state index contributed by atoms with van der Waals surface area (Å²) in [5.41, 5.74) is 3.79. The van der Waals surface area contributed by atoms with E-state index in [9.17, 15) is 0 Å². The van der Waals surface area contributed by atoms with Gasteiger partial charge in [-0.3, -0.25) is 0 Å². The third-order valence-electron chi connectivity index (χ3n) is 3.49. The maximum atomic E-state index is 5.36. The fourth-order valence-electron chi connectivity index (χ4n) is 2.73. The van der Waals surface area contributed by atoms with Crippen molar-refractivity contribution in [1.29, 1.82) is 0 Å². The van der Waals surface area contributed by atoms with E-state index < -0.39 is 0 Å². The van der Waals surface area contributed by atoms with Crippen molar-refractivity contribution in [2.75, 3.05) is 6.54 Å². The van der Waals surface area contributed by atoms with Gasteiger partial charge in [0.05, 0.1) is 6.04 Å². The summed E-state index contributed by atoms with van der Waals surface area (Å²) in [4.78, 5) is 4.51. The second-order valence-electron chi connectivity index (χ2n) is 5.37. The van der Waals surface area contributed by atoms with Crippen molar-refractivity contribution < 1.29 is 4.52 Å². The molecule has 0 spiro atoms. The van der Waals surface area contributed by atoms with Gasteiger partial charge in [0.15, 0.2) is 5.82 Å². The zero-order valence-electron chi connectivity index (χ0n) is 11.4. The summed E-state index contributed by atoms with van der Waals surface area (Å²) in [6, 6.07) is 6.78. The topological polar surface area (TPSA) is 51.0 Å². The molecule has 1 saturated heterocycles. The van der Waals surface area contributed by atoms with Crippen molar-refractivity contribution in [3.8, 4) is 0 Å². The normalized spacial score (nSPS) is 18.9. The van der Waals surface area contributed by atoms with E-state index in [2.05, 4.69) is 47.5 Å². The van der Waals surface area contributed by atoms with E-state index in [1.165, 1.54) is 23.1 Å². The molecule has 4 nitrogen and oxygen atoms in total. The minimum Gasteiger partial charge on any atom is -0.338 e. The van der Waals surface area contributed by atoms with E-state index in [-0.39, 0.29) is 6.04 Å². The number of aromatic nitrogens is 2. The zero-order valence-corrected chi connectivity index (χ0v) is 11.4. The van der Waals surface area contributed by atoms with E-state index >= 15 is 0 Å². The lowest BCUT2D eigenvalue weighted by Gasteiger charge is -2.02. The van der Waals surface area contributed by atoms with E-state index in [0.29, 0.717) is 0 Å². The van der Waals surface area contributed by atoms with Gasteiger partial charge in [-0.05, 0) is 38.8 Å². The van der Waals surface area contributed by atoms with E-state index in [4.69, 9.17) is 4.52 Å². The van der Waals surface area contributed by atoms with Crippen LogP contribution in [-0.4, -0.2) is 16.7 Å². The largest absolute Gasteiger partial charge is 0.338 e. The summed E-state index contributed by atoms with van der Waals surface area (Å²) in [5, 5.41) is 7.46. The third kappa shape index (κ3) is 2.84. The summed E-state index contributed by atoms with van der Waals surface area (Å²) in [6.07, 6.45) is 3.00. The van der Waals surface area contributed by atoms with Crippen molar-refractivity contribution in [3.05, 3.63) is 46.6 Å². The highest BCUT2D eigenvalue weighted by Crippen LogP contribution is 2.21. The van der Waals surface area contributed by atoms with Crippen LogP contribution in [0, 0.1) is 13.8 Å². The van der Waals surface area contributed by atoms with Crippen molar-refractivity contribution in [3.63, 3.8) is 0 Å². The van der Waals surface area contributed by atoms with Gasteiger partial charge >= 0.3 is 0 Å². The van der Waals surface area contributed by atoms with Crippen LogP contribution in [0.5, 0.6) is 0 Å². The Morgan fingerprint density at radius 3 is 2.74 bits per heavy atom. The second kappa shape index (κ2) is 5.13. The Labute approximate surface area is 113 Å². The highest BCUT2D eigenvalue weighted by molar-refractivity contribution is 5.30. The molecule has 0 saturated carbocycles. The Balaban J connectivity index is 1.76. The molecule has 1 aromatic heterocycles. The molecule has 0 unspecified atom stereocenters. The van der Waals surface area contributed by atoms with Crippen molar-refractivity contribution in [2.45, 2.75) is 39.2 Å². The summed E-state index contributed by atoms with van der Waals surface area (Å²) < 4.78 is 5.36. The van der Waals surface area contributed by atoms with Crippen molar-refractivity contribution >= 4 is 0 Å². The van der Waals surface area contributed by atoms with Crippen LogP contribution in [0.1, 0.15) is 47.3 Å². The molecule has 1 N–H and O–H groups in total. The van der Waals surface area contributed by atoms with Crippen LogP contribution in [0.25, 0.3) is 0 Å². The molecule has 1 atom stereocenters. The van der Waals surface area contributed by atoms with Gasteiger partial charge in [-0.1, -0.05) is 34.5 Å². The molecule has 0 aliphatic carbocycles. The molecular weight excluding hydrogens is 238 g/mol. The molecule has 100 valence electrons. The van der Waals surface area contributed by atoms with Gasteiger partial charge in [0, 0.05) is 6.42 Å². The smallest absolute Gasteiger partial charge is 0.243 e. The number of nitrogens with one attached hydrogen (secondary N) is 1. The van der Waals surface area contributed by atoms with Crippen molar-refractivity contribution in [2.24, 2.45) is 0 Å². The fourth-order valence-corrected chi connectivity index (χ4v) is 2.73. The molecule has 19 heavy (non-hydrogen) atoms. The van der Waals surface area contributed by atoms with Crippen LogP contribution >= 0.6 is 0 Å². The molecule has 2 aromatic rings. The first-order valence-corrected chi connectivity index (χ1v) is 6.84. The molecule has 0 amide bonds. The first kappa shape index (κ1) is 12.4. The van der Waals surface area contributed by atoms with Gasteiger partial charge in [-0.2, -0.15) is 4.98 Å². The summed E-state index contributed by atoms with van der Waals surface area (Å²) in [6.45, 7) is 5.26. The molecule has 0 radical (unpaired) electrons. The Hall–Kier alpha value is -1.68. The summed E-state index contributed by atoms with van der Waals surface area (Å²) >= 11 is 0. The van der Waals surface area contributed by atoms with Gasteiger partial charge in [-0.15, -0.1) is 0 Å². The van der Waals surface area contributed by atoms with E-state index in [1.54, 1.807) is 0 Å². The van der Waals surface area contributed by atoms with E-state index in [1.807, 2.05) is 0 Å². The number of benzene rings is 1. The van der Waals surface area contributed by atoms with Crippen LogP contribution in [0.2, 0.25) is 0 Å². The van der Waals surface area contributed by atoms with Crippen molar-refractivity contribution in [1.82, 2.24) is 15.5 Å². The fraction of sp³-hybridized carbons (Fsp3) is 0.467. The highest BCUT2D eigenvalue weighted by atomic mass is 16.5. The Kier molecular flexibility index (Phi) is 3.34. The molecule has 1 fully saturated rings. The lowest BCUT2D eigenvalue weighted by molar-refractivity contribution is 0.341. The molecule has 3 rings (SSSR count). The molecule has 0 bridgehead atoms. The summed E-state index contributed by atoms with van der Waals surface area (Å²) in [5.74, 6) is 1.51. The monoisotopic (exact) mass is 257 g/mol. The predicted molar refractivity (Wildman–Crippen MR) is 73.0 cm³/mol. The first-order valence-electron chi connectivity index (χ1n) is 6.84. The lowest BCUT2D eigenvalue weighted by atomic mass is 10.1. The maximum Gasteiger partial charge on any atom is 0.243 e. The minimum absolute atomic E-state index is 0.250. The number of hydrogen-bond donors (Lipinski definition) is 1. The van der Waals surface area contributed by atoms with Crippen LogP contribution < -0.4 is 5.32 Å². The van der Waals surface area contributed by atoms with Crippen LogP contribution in [0.15, 0.2) is 22.7 Å². The van der Waals surface area contributed by atoms with Crippen LogP contribution in [-0.2, 0) is 6.42 Å². The average Bonchev–Trinajstić information content (AvgIpc) is 2.96. The third-order valence-corrected chi connectivity index (χ3v) is 3.49. The Bertz CT molecular complexity index is 550. The first-order chi connectivity index (χ1) is 9.20. The number of rotatable bonds is 3. The molecule has 1 aromatic carbocycles. The maximum absolute atomic E-state index is 5.36. The lowest BCUT2D eigenvalue weighted by Crippen LogP contribution is -2.13. The van der Waals surface area contributed by atoms with Crippen LogP contribution in [0.3, 0.4) is 0 Å². The SMILES string of the molecule is Cc1cc(C)cc(Cc2noc([C@H]3CCCN3)n2)c1. The Morgan fingerprint density at radius 1 is 1.26 bits per heavy atom. The zero-order chi connectivity index (χ0) is 13.2. The predicted octanol–water partition coefficient (Wildman–Crippen LogP) is 2.70. The average molecular weight is 257 g/mol. The molecule has 4 heteroatoms. The molecular formula is C15H19N3O. The number of hydrogen-bond acceptors (Lipinski definition) is 4. The van der Waals surface area contributed by atoms with Gasteiger partial charge in [0.1, 0.15) is 0 Å². The Morgan fingerprint density at radius 2 is 2.05 bits per heavy atom. The molecule has 2 heterocycles. The number of aryl methyl sites for hydroxylation is 2. The van der Waals surface area contributed by atoms with E-state index in [0.717, 1.165) is 31.1 Å². The van der Waals surface area contributed by atoms with Gasteiger partial charge in [0.2, 0.25) is 5.89 Å². The standard InChI is InChI=1S/C15H19N3O/c1-10-6-11(2)8-12(7-10)9-14-17-15(19-18-14)13-4-3-5-16-13/h6-8,13,16H,3-5,9H2,1-2H3/t13-/m1/s1. The second-order valence-corrected chi connectivity index (χ2v) is 5.37. The van der Waals surface area contributed by atoms with Gasteiger partial charge < -0.3 is 9.84 Å². The van der Waals surface area contributed by atoms with Gasteiger partial charge in [-0.25, -0.2) is 0 Å². The quantitative estimate of drug-likeness (QED) is 0.918. The van der Waals surface area contributed by atoms with Crippen LogP contribution in [0.4, 0.5) is 0 Å². The minimum atomic E-state index is 0.250. The molecule has 1 aliphatic heterocycles. The molecule has 1 aliphatic rings. The van der Waals surface area contributed by atoms with Gasteiger partial charge in [0.25, 0.3) is 0 Å². The highest BCUT2D eigenvalue weighted by Gasteiger charge is 2.22. The number of nitrogens with zero attached hydrogens (tertiary/aromatic N) is 2.